The predicted octanol–water partition coefficient (Wildman–Crippen LogP) is 4.29. The molecule has 0 aliphatic heterocycles. The van der Waals surface area contributed by atoms with Gasteiger partial charge >= 0.3 is 5.97 Å². The summed E-state index contributed by atoms with van der Waals surface area (Å²) in [5.41, 5.74) is 0.631. The fourth-order valence-electron chi connectivity index (χ4n) is 1.75. The molecular weight excluding hydrogens is 274 g/mol. The molecule has 0 aromatic heterocycles. The van der Waals surface area contributed by atoms with Crippen LogP contribution in [0.15, 0.2) is 30.3 Å². The van der Waals surface area contributed by atoms with E-state index in [4.69, 9.17) is 16.7 Å². The molecule has 0 saturated heterocycles. The molecule has 0 radical (unpaired) electrons. The van der Waals surface area contributed by atoms with E-state index < -0.39 is 17.6 Å². The largest absolute Gasteiger partial charge is 0.478 e. The molecule has 19 heavy (non-hydrogen) atoms. The second-order valence-electron chi connectivity index (χ2n) is 4.11. The molecule has 0 saturated carbocycles. The molecule has 0 unspecified atom stereocenters. The Bertz CT molecular complexity index is 669. The summed E-state index contributed by atoms with van der Waals surface area (Å²) in [6, 6.07) is 6.09. The average molecular weight is 283 g/mol. The van der Waals surface area contributed by atoms with E-state index >= 15 is 0 Å². The van der Waals surface area contributed by atoms with Crippen LogP contribution in [0.25, 0.3) is 11.1 Å². The lowest BCUT2D eigenvalue weighted by molar-refractivity contribution is 0.0697. The van der Waals surface area contributed by atoms with Gasteiger partial charge < -0.3 is 5.11 Å². The van der Waals surface area contributed by atoms with Crippen molar-refractivity contribution < 1.29 is 18.7 Å². The highest BCUT2D eigenvalue weighted by atomic mass is 35.5. The van der Waals surface area contributed by atoms with Crippen molar-refractivity contribution >= 4 is 17.6 Å². The highest BCUT2D eigenvalue weighted by Gasteiger charge is 2.13. The van der Waals surface area contributed by atoms with Crippen molar-refractivity contribution in [3.05, 3.63) is 58.1 Å². The van der Waals surface area contributed by atoms with Gasteiger partial charge in [-0.3, -0.25) is 0 Å². The number of benzene rings is 2. The quantitative estimate of drug-likeness (QED) is 0.892. The van der Waals surface area contributed by atoms with Crippen LogP contribution in [0.3, 0.4) is 0 Å². The molecule has 0 amide bonds. The molecule has 98 valence electrons. The minimum absolute atomic E-state index is 0.0520. The molecule has 2 rings (SSSR count). The van der Waals surface area contributed by atoms with Crippen LogP contribution >= 0.6 is 11.6 Å². The molecule has 2 aromatic carbocycles. The molecule has 0 aliphatic carbocycles. The summed E-state index contributed by atoms with van der Waals surface area (Å²) in [4.78, 5) is 10.9. The SMILES string of the molecule is Cc1cc(-c2cc(Cl)cc(C(=O)O)c2)c(F)cc1F. The number of halogens is 3. The lowest BCUT2D eigenvalue weighted by Gasteiger charge is -2.08. The molecule has 1 N–H and O–H groups in total. The van der Waals surface area contributed by atoms with Crippen molar-refractivity contribution in [2.24, 2.45) is 0 Å². The van der Waals surface area contributed by atoms with E-state index in [9.17, 15) is 13.6 Å². The van der Waals surface area contributed by atoms with Gasteiger partial charge in [-0.1, -0.05) is 11.6 Å². The Morgan fingerprint density at radius 2 is 1.79 bits per heavy atom. The van der Waals surface area contributed by atoms with Crippen LogP contribution < -0.4 is 0 Å². The Morgan fingerprint density at radius 3 is 2.42 bits per heavy atom. The Morgan fingerprint density at radius 1 is 1.11 bits per heavy atom. The van der Waals surface area contributed by atoms with Crippen molar-refractivity contribution in [3.63, 3.8) is 0 Å². The Kier molecular flexibility index (Phi) is 3.53. The fourth-order valence-corrected chi connectivity index (χ4v) is 1.98. The summed E-state index contributed by atoms with van der Waals surface area (Å²) >= 11 is 5.81. The lowest BCUT2D eigenvalue weighted by Crippen LogP contribution is -1.97. The third-order valence-corrected chi connectivity index (χ3v) is 2.92. The van der Waals surface area contributed by atoms with Gasteiger partial charge in [0.1, 0.15) is 11.6 Å². The number of aromatic carboxylic acids is 1. The van der Waals surface area contributed by atoms with E-state index in [0.717, 1.165) is 6.07 Å². The normalized spacial score (nSPS) is 10.5. The number of carboxylic acids is 1. The van der Waals surface area contributed by atoms with Crippen LogP contribution in [-0.4, -0.2) is 11.1 Å². The molecule has 0 atom stereocenters. The summed E-state index contributed by atoms with van der Waals surface area (Å²) < 4.78 is 27.0. The molecule has 0 heterocycles. The first kappa shape index (κ1) is 13.5. The van der Waals surface area contributed by atoms with Gasteiger partial charge in [0.2, 0.25) is 0 Å². The molecule has 0 fully saturated rings. The molecule has 0 aliphatic rings. The van der Waals surface area contributed by atoms with Gasteiger partial charge in [0.25, 0.3) is 0 Å². The highest BCUT2D eigenvalue weighted by molar-refractivity contribution is 6.31. The highest BCUT2D eigenvalue weighted by Crippen LogP contribution is 2.29. The number of aryl methyl sites for hydroxylation is 1. The van der Waals surface area contributed by atoms with Gasteiger partial charge in [0.05, 0.1) is 5.56 Å². The monoisotopic (exact) mass is 282 g/mol. The summed E-state index contributed by atoms with van der Waals surface area (Å²) in [7, 11) is 0. The van der Waals surface area contributed by atoms with Gasteiger partial charge in [-0.15, -0.1) is 0 Å². The second-order valence-corrected chi connectivity index (χ2v) is 4.55. The van der Waals surface area contributed by atoms with Gasteiger partial charge in [0.15, 0.2) is 0 Å². The van der Waals surface area contributed by atoms with E-state index in [1.165, 1.54) is 31.2 Å². The van der Waals surface area contributed by atoms with E-state index in [2.05, 4.69) is 0 Å². The van der Waals surface area contributed by atoms with Crippen LogP contribution in [0.2, 0.25) is 5.02 Å². The minimum Gasteiger partial charge on any atom is -0.478 e. The van der Waals surface area contributed by atoms with Gasteiger partial charge in [-0.25, -0.2) is 13.6 Å². The molecule has 0 bridgehead atoms. The number of hydrogen-bond acceptors (Lipinski definition) is 1. The van der Waals surface area contributed by atoms with Crippen molar-refractivity contribution in [3.8, 4) is 11.1 Å². The summed E-state index contributed by atoms with van der Waals surface area (Å²) in [6.07, 6.45) is 0. The molecule has 2 aromatic rings. The van der Waals surface area contributed by atoms with Gasteiger partial charge in [-0.2, -0.15) is 0 Å². The van der Waals surface area contributed by atoms with E-state index in [0.29, 0.717) is 5.56 Å². The van der Waals surface area contributed by atoms with E-state index in [1.807, 2.05) is 0 Å². The number of hydrogen-bond donors (Lipinski definition) is 1. The maximum absolute atomic E-state index is 13.8. The van der Waals surface area contributed by atoms with Crippen LogP contribution in [0.5, 0.6) is 0 Å². The zero-order valence-electron chi connectivity index (χ0n) is 9.88. The molecule has 5 heteroatoms. The maximum atomic E-state index is 13.8. The number of rotatable bonds is 2. The molecule has 0 spiro atoms. The standard InChI is InChI=1S/C14H9ClF2O2/c1-7-2-11(13(17)6-12(7)16)8-3-9(14(18)19)5-10(15)4-8/h2-6H,1H3,(H,18,19). The third kappa shape index (κ3) is 2.74. The third-order valence-electron chi connectivity index (χ3n) is 2.70. The van der Waals surface area contributed by atoms with Crippen molar-refractivity contribution in [1.82, 2.24) is 0 Å². The fraction of sp³-hybridized carbons (Fsp3) is 0.0714. The smallest absolute Gasteiger partial charge is 0.335 e. The predicted molar refractivity (Wildman–Crippen MR) is 68.5 cm³/mol. The first-order valence-corrected chi connectivity index (χ1v) is 5.76. The Balaban J connectivity index is 2.65. The first-order valence-electron chi connectivity index (χ1n) is 5.38. The van der Waals surface area contributed by atoms with Crippen molar-refractivity contribution in [1.29, 1.82) is 0 Å². The first-order chi connectivity index (χ1) is 8.88. The average Bonchev–Trinajstić information content (AvgIpc) is 2.33. The molecular formula is C14H9ClF2O2. The van der Waals surface area contributed by atoms with Crippen LogP contribution in [0, 0.1) is 18.6 Å². The lowest BCUT2D eigenvalue weighted by atomic mass is 10.0. The van der Waals surface area contributed by atoms with Crippen LogP contribution in [-0.2, 0) is 0 Å². The van der Waals surface area contributed by atoms with Crippen LogP contribution in [0.1, 0.15) is 15.9 Å². The summed E-state index contributed by atoms with van der Waals surface area (Å²) in [6.45, 7) is 1.50. The molecule has 2 nitrogen and oxygen atoms in total. The second kappa shape index (κ2) is 4.97. The van der Waals surface area contributed by atoms with E-state index in [-0.39, 0.29) is 21.7 Å². The Labute approximate surface area is 113 Å². The topological polar surface area (TPSA) is 37.3 Å². The van der Waals surface area contributed by atoms with Gasteiger partial charge in [-0.05, 0) is 42.3 Å². The van der Waals surface area contributed by atoms with Gasteiger partial charge in [0, 0.05) is 16.7 Å². The van der Waals surface area contributed by atoms with Crippen molar-refractivity contribution in [2.75, 3.05) is 0 Å². The zero-order chi connectivity index (χ0) is 14.2. The zero-order valence-corrected chi connectivity index (χ0v) is 10.6. The number of carbonyl (C=O) groups is 1. The summed E-state index contributed by atoms with van der Waals surface area (Å²) in [5.74, 6) is -2.58. The maximum Gasteiger partial charge on any atom is 0.335 e. The van der Waals surface area contributed by atoms with Crippen molar-refractivity contribution in [2.45, 2.75) is 6.92 Å². The summed E-state index contributed by atoms with van der Waals surface area (Å²) in [5, 5.41) is 9.11. The minimum atomic E-state index is -1.16. The van der Waals surface area contributed by atoms with Crippen LogP contribution in [0.4, 0.5) is 8.78 Å². The Hall–Kier alpha value is -1.94. The number of carboxylic acid groups (broad SMARTS) is 1. The van der Waals surface area contributed by atoms with E-state index in [1.54, 1.807) is 0 Å².